The van der Waals surface area contributed by atoms with Crippen molar-refractivity contribution in [2.24, 2.45) is 10.5 Å². The van der Waals surface area contributed by atoms with E-state index in [1.807, 2.05) is 10.8 Å². The maximum Gasteiger partial charge on any atom is 0.193 e. The van der Waals surface area contributed by atoms with Crippen LogP contribution in [0.1, 0.15) is 27.7 Å². The van der Waals surface area contributed by atoms with Gasteiger partial charge in [-0.3, -0.25) is 0 Å². The molecule has 2 nitrogen and oxygen atoms in total. The highest BCUT2D eigenvalue weighted by Crippen LogP contribution is 2.24. The first kappa shape index (κ1) is 9.17. The SMILES string of the molecule is C=CC[N+]1=C(C)C(C)(C)C(C)=N1. The molecular formula is C10H17N2+. The van der Waals surface area contributed by atoms with Gasteiger partial charge in [0, 0.05) is 6.92 Å². The van der Waals surface area contributed by atoms with Crippen LogP contribution >= 0.6 is 0 Å². The zero-order chi connectivity index (χ0) is 9.35. The summed E-state index contributed by atoms with van der Waals surface area (Å²) in [6, 6.07) is 0. The van der Waals surface area contributed by atoms with E-state index in [1.54, 1.807) is 0 Å². The molecule has 0 N–H and O–H groups in total. The van der Waals surface area contributed by atoms with Crippen LogP contribution in [0.5, 0.6) is 0 Å². The molecule has 0 atom stereocenters. The Morgan fingerprint density at radius 2 is 2.08 bits per heavy atom. The van der Waals surface area contributed by atoms with Crippen molar-refractivity contribution >= 4 is 11.4 Å². The van der Waals surface area contributed by atoms with Crippen LogP contribution in [-0.4, -0.2) is 22.7 Å². The Bertz CT molecular complexity index is 270. The van der Waals surface area contributed by atoms with Crippen molar-refractivity contribution in [1.82, 2.24) is 0 Å². The molecule has 0 amide bonds. The minimum absolute atomic E-state index is 0.128. The van der Waals surface area contributed by atoms with Crippen LogP contribution in [0.4, 0.5) is 0 Å². The topological polar surface area (TPSA) is 15.4 Å². The van der Waals surface area contributed by atoms with E-state index in [1.165, 1.54) is 11.4 Å². The molecule has 0 aromatic rings. The molecule has 66 valence electrons. The molecule has 0 saturated heterocycles. The van der Waals surface area contributed by atoms with E-state index in [9.17, 15) is 0 Å². The van der Waals surface area contributed by atoms with Gasteiger partial charge >= 0.3 is 0 Å². The molecule has 1 rings (SSSR count). The van der Waals surface area contributed by atoms with Gasteiger partial charge in [0.2, 0.25) is 0 Å². The molecule has 1 heterocycles. The number of rotatable bonds is 2. The molecule has 12 heavy (non-hydrogen) atoms. The smallest absolute Gasteiger partial charge is 0.0968 e. The van der Waals surface area contributed by atoms with Crippen LogP contribution in [-0.2, 0) is 0 Å². The second-order valence-corrected chi connectivity index (χ2v) is 3.77. The van der Waals surface area contributed by atoms with Crippen LogP contribution in [0.3, 0.4) is 0 Å². The Hall–Kier alpha value is -0.920. The first-order valence-electron chi connectivity index (χ1n) is 4.28. The Morgan fingerprint density at radius 1 is 1.50 bits per heavy atom. The average molecular weight is 165 g/mol. The molecule has 0 bridgehead atoms. The molecule has 1 aliphatic rings. The highest BCUT2D eigenvalue weighted by atomic mass is 15.4. The predicted molar refractivity (Wildman–Crippen MR) is 52.9 cm³/mol. The third-order valence-electron chi connectivity index (χ3n) is 2.77. The van der Waals surface area contributed by atoms with E-state index in [0.29, 0.717) is 0 Å². The highest BCUT2D eigenvalue weighted by molar-refractivity contribution is 6.08. The molecular weight excluding hydrogens is 148 g/mol. The van der Waals surface area contributed by atoms with Gasteiger partial charge in [-0.05, 0) is 31.9 Å². The zero-order valence-corrected chi connectivity index (χ0v) is 8.39. The standard InChI is InChI=1S/C10H17N2/c1-6-7-12-9(3)10(4,5)8(2)11-12/h6H,1,7H2,2-5H3/q+1. The molecule has 0 unspecified atom stereocenters. The first-order valence-corrected chi connectivity index (χ1v) is 4.28. The number of nitrogens with zero attached hydrogens (tertiary/aromatic N) is 2. The van der Waals surface area contributed by atoms with Crippen molar-refractivity contribution in [3.8, 4) is 0 Å². The minimum atomic E-state index is 0.128. The summed E-state index contributed by atoms with van der Waals surface area (Å²) in [6.07, 6.45) is 1.88. The van der Waals surface area contributed by atoms with Crippen LogP contribution in [0, 0.1) is 5.41 Å². The highest BCUT2D eigenvalue weighted by Gasteiger charge is 2.39. The van der Waals surface area contributed by atoms with Crippen molar-refractivity contribution in [2.75, 3.05) is 6.54 Å². The van der Waals surface area contributed by atoms with Crippen molar-refractivity contribution in [3.63, 3.8) is 0 Å². The van der Waals surface area contributed by atoms with E-state index in [2.05, 4.69) is 39.4 Å². The summed E-state index contributed by atoms with van der Waals surface area (Å²) < 4.78 is 2.02. The van der Waals surface area contributed by atoms with Gasteiger partial charge < -0.3 is 0 Å². The van der Waals surface area contributed by atoms with Gasteiger partial charge in [-0.25, -0.2) is 0 Å². The first-order chi connectivity index (χ1) is 5.50. The molecule has 2 heteroatoms. The van der Waals surface area contributed by atoms with Gasteiger partial charge in [-0.15, -0.1) is 0 Å². The molecule has 0 spiro atoms. The van der Waals surface area contributed by atoms with Gasteiger partial charge in [0.1, 0.15) is 0 Å². The van der Waals surface area contributed by atoms with Gasteiger partial charge in [0.15, 0.2) is 12.3 Å². The molecule has 0 radical (unpaired) electrons. The van der Waals surface area contributed by atoms with Crippen molar-refractivity contribution in [3.05, 3.63) is 12.7 Å². The summed E-state index contributed by atoms with van der Waals surface area (Å²) in [5.74, 6) is 0. The largest absolute Gasteiger partial charge is 0.193 e. The van der Waals surface area contributed by atoms with E-state index < -0.39 is 0 Å². The maximum absolute atomic E-state index is 4.45. The van der Waals surface area contributed by atoms with Crippen LogP contribution < -0.4 is 0 Å². The van der Waals surface area contributed by atoms with Gasteiger partial charge in [0.25, 0.3) is 0 Å². The van der Waals surface area contributed by atoms with E-state index >= 15 is 0 Å². The molecule has 0 aromatic carbocycles. The second kappa shape index (κ2) is 2.85. The van der Waals surface area contributed by atoms with E-state index in [0.717, 1.165) is 6.54 Å². The van der Waals surface area contributed by atoms with Crippen LogP contribution in [0.2, 0.25) is 0 Å². The van der Waals surface area contributed by atoms with Crippen molar-refractivity contribution in [1.29, 1.82) is 0 Å². The molecule has 0 aromatic heterocycles. The van der Waals surface area contributed by atoms with Gasteiger partial charge in [-0.1, -0.05) is 11.3 Å². The maximum atomic E-state index is 4.45. The fourth-order valence-corrected chi connectivity index (χ4v) is 1.27. The third kappa shape index (κ3) is 1.22. The van der Waals surface area contributed by atoms with Gasteiger partial charge in [-0.2, -0.15) is 0 Å². The summed E-state index contributed by atoms with van der Waals surface area (Å²) in [5, 5.41) is 4.45. The van der Waals surface area contributed by atoms with E-state index in [-0.39, 0.29) is 5.41 Å². The lowest BCUT2D eigenvalue weighted by Crippen LogP contribution is -2.28. The lowest BCUT2D eigenvalue weighted by Gasteiger charge is -2.12. The monoisotopic (exact) mass is 165 g/mol. The normalized spacial score (nSPS) is 21.2. The van der Waals surface area contributed by atoms with E-state index in [4.69, 9.17) is 0 Å². The van der Waals surface area contributed by atoms with Crippen LogP contribution in [0.25, 0.3) is 0 Å². The fourth-order valence-electron chi connectivity index (χ4n) is 1.27. The lowest BCUT2D eigenvalue weighted by molar-refractivity contribution is -0.521. The number of hydrogen-bond donors (Lipinski definition) is 0. The lowest BCUT2D eigenvalue weighted by atomic mass is 9.84. The summed E-state index contributed by atoms with van der Waals surface area (Å²) in [6.45, 7) is 13.1. The summed E-state index contributed by atoms with van der Waals surface area (Å²) in [7, 11) is 0. The average Bonchev–Trinajstić information content (AvgIpc) is 2.17. The Kier molecular flexibility index (Phi) is 2.18. The van der Waals surface area contributed by atoms with Crippen molar-refractivity contribution in [2.45, 2.75) is 27.7 Å². The second-order valence-electron chi connectivity index (χ2n) is 3.77. The predicted octanol–water partition coefficient (Wildman–Crippen LogP) is 2.06. The Balaban J connectivity index is 3.02. The zero-order valence-electron chi connectivity index (χ0n) is 8.39. The molecule has 0 saturated carbocycles. The van der Waals surface area contributed by atoms with Gasteiger partial charge in [0.05, 0.1) is 11.1 Å². The Labute approximate surface area is 74.3 Å². The Morgan fingerprint density at radius 3 is 2.42 bits per heavy atom. The fraction of sp³-hybridized carbons (Fsp3) is 0.600. The van der Waals surface area contributed by atoms with Crippen molar-refractivity contribution < 1.29 is 4.68 Å². The molecule has 0 fully saturated rings. The van der Waals surface area contributed by atoms with Crippen LogP contribution in [0.15, 0.2) is 17.8 Å². The minimum Gasteiger partial charge on any atom is -0.0968 e. The third-order valence-corrected chi connectivity index (χ3v) is 2.77. The number of hydrogen-bond acceptors (Lipinski definition) is 1. The summed E-state index contributed by atoms with van der Waals surface area (Å²) >= 11 is 0. The summed E-state index contributed by atoms with van der Waals surface area (Å²) in [4.78, 5) is 0. The summed E-state index contributed by atoms with van der Waals surface area (Å²) in [5.41, 5.74) is 2.62. The number of hydrazone groups is 1. The quantitative estimate of drug-likeness (QED) is 0.439. The molecule has 0 aliphatic carbocycles. The molecule has 1 aliphatic heterocycles.